The van der Waals surface area contributed by atoms with Crippen LogP contribution in [0.25, 0.3) is 0 Å². The molecule has 1 aromatic rings. The van der Waals surface area contributed by atoms with E-state index >= 15 is 0 Å². The molecule has 1 rings (SSSR count). The van der Waals surface area contributed by atoms with Crippen LogP contribution in [0.3, 0.4) is 0 Å². The van der Waals surface area contributed by atoms with E-state index in [-0.39, 0.29) is 0 Å². The molecule has 0 saturated carbocycles. The molecule has 0 aliphatic rings. The standard InChI is InChI=1S/C9H9F2N/c1-6(2)12-7-3-4-8(10)9(11)5-7/h3-5,12H,1H2,2H3. The van der Waals surface area contributed by atoms with E-state index in [4.69, 9.17) is 0 Å². The average molecular weight is 169 g/mol. The molecular formula is C9H9F2N. The number of benzene rings is 1. The van der Waals surface area contributed by atoms with E-state index in [0.29, 0.717) is 11.4 Å². The number of hydrogen-bond donors (Lipinski definition) is 1. The fourth-order valence-corrected chi connectivity index (χ4v) is 0.820. The zero-order chi connectivity index (χ0) is 9.14. The molecule has 0 unspecified atom stereocenters. The zero-order valence-corrected chi connectivity index (χ0v) is 6.70. The Kier molecular flexibility index (Phi) is 2.43. The van der Waals surface area contributed by atoms with Gasteiger partial charge in [-0.3, -0.25) is 0 Å². The van der Waals surface area contributed by atoms with Gasteiger partial charge in [-0.05, 0) is 19.1 Å². The van der Waals surface area contributed by atoms with E-state index in [1.807, 2.05) is 0 Å². The maximum atomic E-state index is 12.6. The van der Waals surface area contributed by atoms with Gasteiger partial charge in [0, 0.05) is 17.5 Å². The molecule has 1 aromatic carbocycles. The molecule has 0 heterocycles. The summed E-state index contributed by atoms with van der Waals surface area (Å²) in [4.78, 5) is 0. The number of hydrogen-bond acceptors (Lipinski definition) is 1. The third kappa shape index (κ3) is 2.05. The van der Waals surface area contributed by atoms with Gasteiger partial charge in [0.1, 0.15) is 0 Å². The summed E-state index contributed by atoms with van der Waals surface area (Å²) in [6, 6.07) is 3.61. The first-order valence-electron chi connectivity index (χ1n) is 3.47. The molecule has 0 bridgehead atoms. The van der Waals surface area contributed by atoms with Crippen LogP contribution in [0.4, 0.5) is 14.5 Å². The Morgan fingerprint density at radius 3 is 2.50 bits per heavy atom. The second-order valence-electron chi connectivity index (χ2n) is 2.53. The predicted octanol–water partition coefficient (Wildman–Crippen LogP) is 2.91. The summed E-state index contributed by atoms with van der Waals surface area (Å²) in [6.07, 6.45) is 0. The molecule has 0 amide bonds. The van der Waals surface area contributed by atoms with E-state index in [1.54, 1.807) is 6.92 Å². The van der Waals surface area contributed by atoms with Gasteiger partial charge in [0.05, 0.1) is 0 Å². The van der Waals surface area contributed by atoms with Crippen LogP contribution in [0.2, 0.25) is 0 Å². The van der Waals surface area contributed by atoms with E-state index in [0.717, 1.165) is 12.1 Å². The highest BCUT2D eigenvalue weighted by Gasteiger charge is 2.01. The van der Waals surface area contributed by atoms with Gasteiger partial charge in [0.15, 0.2) is 11.6 Å². The topological polar surface area (TPSA) is 12.0 Å². The molecule has 0 aliphatic heterocycles. The Morgan fingerprint density at radius 2 is 2.00 bits per heavy atom. The molecule has 1 N–H and O–H groups in total. The molecule has 64 valence electrons. The van der Waals surface area contributed by atoms with Crippen LogP contribution in [0.1, 0.15) is 6.92 Å². The fourth-order valence-electron chi connectivity index (χ4n) is 0.820. The highest BCUT2D eigenvalue weighted by Crippen LogP contribution is 2.13. The van der Waals surface area contributed by atoms with Crippen molar-refractivity contribution in [2.24, 2.45) is 0 Å². The number of anilines is 1. The lowest BCUT2D eigenvalue weighted by Crippen LogP contribution is -1.94. The minimum absolute atomic E-state index is 0.501. The quantitative estimate of drug-likeness (QED) is 0.717. The lowest BCUT2D eigenvalue weighted by Gasteiger charge is -2.04. The van der Waals surface area contributed by atoms with E-state index in [9.17, 15) is 8.78 Å². The molecule has 0 aliphatic carbocycles. The van der Waals surface area contributed by atoms with Crippen molar-refractivity contribution >= 4 is 5.69 Å². The largest absolute Gasteiger partial charge is 0.360 e. The highest BCUT2D eigenvalue weighted by atomic mass is 19.2. The van der Waals surface area contributed by atoms with Gasteiger partial charge in [0.25, 0.3) is 0 Å². The van der Waals surface area contributed by atoms with Crippen molar-refractivity contribution in [2.45, 2.75) is 6.92 Å². The Bertz CT molecular complexity index is 307. The van der Waals surface area contributed by atoms with Crippen molar-refractivity contribution in [3.05, 3.63) is 42.1 Å². The number of rotatable bonds is 2. The van der Waals surface area contributed by atoms with Crippen LogP contribution in [0.5, 0.6) is 0 Å². The Hall–Kier alpha value is -1.38. The first-order valence-corrected chi connectivity index (χ1v) is 3.47. The third-order valence-corrected chi connectivity index (χ3v) is 1.28. The van der Waals surface area contributed by atoms with Crippen molar-refractivity contribution in [1.29, 1.82) is 0 Å². The second-order valence-corrected chi connectivity index (χ2v) is 2.53. The molecule has 1 nitrogen and oxygen atoms in total. The molecule has 0 aromatic heterocycles. The van der Waals surface area contributed by atoms with Gasteiger partial charge in [-0.25, -0.2) is 8.78 Å². The van der Waals surface area contributed by atoms with Crippen molar-refractivity contribution in [3.8, 4) is 0 Å². The van der Waals surface area contributed by atoms with Crippen LogP contribution in [0.15, 0.2) is 30.5 Å². The lowest BCUT2D eigenvalue weighted by atomic mass is 10.3. The van der Waals surface area contributed by atoms with Crippen molar-refractivity contribution in [1.82, 2.24) is 0 Å². The van der Waals surface area contributed by atoms with E-state index < -0.39 is 11.6 Å². The van der Waals surface area contributed by atoms with Gasteiger partial charge in [0.2, 0.25) is 0 Å². The highest BCUT2D eigenvalue weighted by molar-refractivity contribution is 5.47. The number of halogens is 2. The van der Waals surface area contributed by atoms with Crippen LogP contribution < -0.4 is 5.32 Å². The van der Waals surface area contributed by atoms with E-state index in [2.05, 4.69) is 11.9 Å². The van der Waals surface area contributed by atoms with Gasteiger partial charge >= 0.3 is 0 Å². The summed E-state index contributed by atoms with van der Waals surface area (Å²) in [7, 11) is 0. The van der Waals surface area contributed by atoms with Crippen molar-refractivity contribution in [3.63, 3.8) is 0 Å². The van der Waals surface area contributed by atoms with Crippen LogP contribution in [-0.4, -0.2) is 0 Å². The molecular weight excluding hydrogens is 160 g/mol. The van der Waals surface area contributed by atoms with Gasteiger partial charge < -0.3 is 5.32 Å². The molecule has 0 fully saturated rings. The summed E-state index contributed by atoms with van der Waals surface area (Å²) < 4.78 is 25.0. The Labute approximate surface area is 69.7 Å². The van der Waals surface area contributed by atoms with Gasteiger partial charge in [-0.15, -0.1) is 0 Å². The minimum Gasteiger partial charge on any atom is -0.360 e. The fraction of sp³-hybridized carbons (Fsp3) is 0.111. The molecule has 0 atom stereocenters. The summed E-state index contributed by atoms with van der Waals surface area (Å²) >= 11 is 0. The molecule has 3 heteroatoms. The Balaban J connectivity index is 2.89. The maximum Gasteiger partial charge on any atom is 0.160 e. The third-order valence-electron chi connectivity index (χ3n) is 1.28. The summed E-state index contributed by atoms with van der Waals surface area (Å²) in [5.41, 5.74) is 1.18. The van der Waals surface area contributed by atoms with Crippen molar-refractivity contribution < 1.29 is 8.78 Å². The van der Waals surface area contributed by atoms with Crippen LogP contribution in [0, 0.1) is 11.6 Å². The average Bonchev–Trinajstić information content (AvgIpc) is 1.96. The van der Waals surface area contributed by atoms with E-state index in [1.165, 1.54) is 6.07 Å². The maximum absolute atomic E-state index is 12.6. The Morgan fingerprint density at radius 1 is 1.33 bits per heavy atom. The van der Waals surface area contributed by atoms with Gasteiger partial charge in [-0.1, -0.05) is 6.58 Å². The second kappa shape index (κ2) is 3.34. The molecule has 0 saturated heterocycles. The summed E-state index contributed by atoms with van der Waals surface area (Å²) in [6.45, 7) is 5.31. The van der Waals surface area contributed by atoms with Crippen LogP contribution in [-0.2, 0) is 0 Å². The normalized spacial score (nSPS) is 9.58. The summed E-state index contributed by atoms with van der Waals surface area (Å²) in [5.74, 6) is -1.71. The number of nitrogens with one attached hydrogen (secondary N) is 1. The SMILES string of the molecule is C=C(C)Nc1ccc(F)c(F)c1. The summed E-state index contributed by atoms with van der Waals surface area (Å²) in [5, 5.41) is 2.77. The first-order chi connectivity index (χ1) is 5.59. The van der Waals surface area contributed by atoms with Crippen molar-refractivity contribution in [2.75, 3.05) is 5.32 Å². The first kappa shape index (κ1) is 8.71. The number of allylic oxidation sites excluding steroid dienone is 1. The van der Waals surface area contributed by atoms with Gasteiger partial charge in [-0.2, -0.15) is 0 Å². The predicted molar refractivity (Wildman–Crippen MR) is 44.8 cm³/mol. The monoisotopic (exact) mass is 169 g/mol. The zero-order valence-electron chi connectivity index (χ0n) is 6.70. The minimum atomic E-state index is -0.860. The molecule has 12 heavy (non-hydrogen) atoms. The smallest absolute Gasteiger partial charge is 0.160 e. The molecule has 0 spiro atoms. The van der Waals surface area contributed by atoms with Crippen LogP contribution >= 0.6 is 0 Å². The molecule has 0 radical (unpaired) electrons. The lowest BCUT2D eigenvalue weighted by molar-refractivity contribution is 0.509.